The Labute approximate surface area is 208 Å². The van der Waals surface area contributed by atoms with E-state index in [2.05, 4.69) is 5.32 Å². The first-order valence-corrected chi connectivity index (χ1v) is 11.1. The predicted octanol–water partition coefficient (Wildman–Crippen LogP) is 5.92. The zero-order chi connectivity index (χ0) is 26.0. The van der Waals surface area contributed by atoms with E-state index in [1.54, 1.807) is 12.1 Å². The number of amides is 2. The highest BCUT2D eigenvalue weighted by molar-refractivity contribution is 6.53. The first-order valence-electron chi connectivity index (χ1n) is 10.7. The Morgan fingerprint density at radius 3 is 2.33 bits per heavy atom. The summed E-state index contributed by atoms with van der Waals surface area (Å²) in [4.78, 5) is 38.5. The molecule has 0 spiro atoms. The number of aryl methyl sites for hydroxylation is 1. The highest BCUT2D eigenvalue weighted by Gasteiger charge is 2.40. The van der Waals surface area contributed by atoms with Crippen LogP contribution in [0.1, 0.15) is 28.4 Å². The minimum atomic E-state index is -4.65. The third-order valence-corrected chi connectivity index (χ3v) is 5.76. The van der Waals surface area contributed by atoms with Crippen molar-refractivity contribution < 1.29 is 32.3 Å². The van der Waals surface area contributed by atoms with Crippen molar-refractivity contribution in [3.8, 4) is 5.75 Å². The normalized spacial score (nSPS) is 13.9. The molecule has 1 heterocycles. The van der Waals surface area contributed by atoms with Gasteiger partial charge in [0.25, 0.3) is 11.8 Å². The molecule has 1 aliphatic heterocycles. The van der Waals surface area contributed by atoms with Gasteiger partial charge in [-0.3, -0.25) is 9.59 Å². The van der Waals surface area contributed by atoms with E-state index in [1.165, 1.54) is 30.3 Å². The summed E-state index contributed by atoms with van der Waals surface area (Å²) in [6.07, 6.45) is -3.96. The third kappa shape index (κ3) is 4.96. The van der Waals surface area contributed by atoms with Crippen LogP contribution in [0.3, 0.4) is 0 Å². The largest absolute Gasteiger partial charge is 0.423 e. The molecule has 0 unspecified atom stereocenters. The van der Waals surface area contributed by atoms with E-state index < -0.39 is 34.6 Å². The van der Waals surface area contributed by atoms with Crippen LogP contribution < -0.4 is 15.0 Å². The Morgan fingerprint density at radius 1 is 0.972 bits per heavy atom. The molecular formula is C26H18ClF3N2O4. The number of imide groups is 1. The average molecular weight is 515 g/mol. The number of benzene rings is 3. The second-order valence-electron chi connectivity index (χ2n) is 7.74. The smallest absolute Gasteiger partial charge is 0.416 e. The van der Waals surface area contributed by atoms with Gasteiger partial charge in [0, 0.05) is 5.69 Å². The molecule has 0 fully saturated rings. The quantitative estimate of drug-likeness (QED) is 0.251. The number of alkyl halides is 3. The highest BCUT2D eigenvalue weighted by atomic mass is 35.5. The van der Waals surface area contributed by atoms with Gasteiger partial charge >= 0.3 is 12.1 Å². The lowest BCUT2D eigenvalue weighted by Crippen LogP contribution is -2.32. The van der Waals surface area contributed by atoms with E-state index >= 15 is 0 Å². The van der Waals surface area contributed by atoms with Crippen LogP contribution in [0.2, 0.25) is 0 Å². The molecule has 1 aliphatic rings. The molecule has 184 valence electrons. The number of nitrogens with one attached hydrogen (secondary N) is 1. The molecule has 0 saturated carbocycles. The summed E-state index contributed by atoms with van der Waals surface area (Å²) in [6, 6.07) is 16.8. The van der Waals surface area contributed by atoms with Crippen LogP contribution in [-0.2, 0) is 22.2 Å². The van der Waals surface area contributed by atoms with Crippen LogP contribution in [0.15, 0.2) is 83.5 Å². The minimum absolute atomic E-state index is 0.242. The van der Waals surface area contributed by atoms with Crippen molar-refractivity contribution >= 4 is 40.8 Å². The summed E-state index contributed by atoms with van der Waals surface area (Å²) in [5.74, 6) is -2.00. The van der Waals surface area contributed by atoms with Gasteiger partial charge in [0.05, 0.1) is 16.8 Å². The van der Waals surface area contributed by atoms with Gasteiger partial charge in [0.1, 0.15) is 16.5 Å². The molecule has 3 aromatic rings. The van der Waals surface area contributed by atoms with E-state index in [0.29, 0.717) is 28.8 Å². The molecule has 4 rings (SSSR count). The first-order chi connectivity index (χ1) is 17.1. The predicted molar refractivity (Wildman–Crippen MR) is 128 cm³/mol. The number of para-hydroxylation sites is 1. The molecule has 1 N–H and O–H groups in total. The molecule has 0 aliphatic carbocycles. The third-order valence-electron chi connectivity index (χ3n) is 5.41. The first kappa shape index (κ1) is 25.0. The van der Waals surface area contributed by atoms with Crippen LogP contribution >= 0.6 is 11.6 Å². The number of hydrogen-bond donors (Lipinski definition) is 1. The Morgan fingerprint density at radius 2 is 1.67 bits per heavy atom. The summed E-state index contributed by atoms with van der Waals surface area (Å²) in [6.45, 7) is 1.94. The number of anilines is 2. The molecule has 0 saturated heterocycles. The van der Waals surface area contributed by atoms with Gasteiger partial charge in [-0.2, -0.15) is 13.2 Å². The lowest BCUT2D eigenvalue weighted by atomic mass is 10.1. The Bertz CT molecular complexity index is 1380. The number of halogens is 4. The topological polar surface area (TPSA) is 75.7 Å². The second-order valence-corrected chi connectivity index (χ2v) is 8.11. The number of carbonyl (C=O) groups excluding carboxylic acids is 3. The number of esters is 1. The molecule has 0 bridgehead atoms. The summed E-state index contributed by atoms with van der Waals surface area (Å²) in [5, 5.41) is 2.24. The van der Waals surface area contributed by atoms with Crippen molar-refractivity contribution in [2.45, 2.75) is 19.5 Å². The number of carbonyl (C=O) groups is 3. The Kier molecular flexibility index (Phi) is 6.85. The van der Waals surface area contributed by atoms with Gasteiger partial charge in [-0.1, -0.05) is 42.8 Å². The van der Waals surface area contributed by atoms with Crippen molar-refractivity contribution in [1.82, 2.24) is 0 Å². The van der Waals surface area contributed by atoms with Crippen molar-refractivity contribution in [2.24, 2.45) is 0 Å². The molecule has 2 amide bonds. The lowest BCUT2D eigenvalue weighted by Gasteiger charge is -2.17. The van der Waals surface area contributed by atoms with Crippen LogP contribution in [-0.4, -0.2) is 17.8 Å². The van der Waals surface area contributed by atoms with Crippen LogP contribution in [0.25, 0.3) is 0 Å². The Hall–Kier alpha value is -4.11. The number of rotatable bonds is 6. The summed E-state index contributed by atoms with van der Waals surface area (Å²) < 4.78 is 44.7. The molecule has 0 aromatic heterocycles. The fraction of sp³-hybridized carbons (Fsp3) is 0.115. The maximum Gasteiger partial charge on any atom is 0.416 e. The molecule has 10 heteroatoms. The molecule has 6 nitrogen and oxygen atoms in total. The second kappa shape index (κ2) is 9.87. The van der Waals surface area contributed by atoms with Crippen molar-refractivity contribution in [3.63, 3.8) is 0 Å². The SMILES string of the molecule is CCc1ccccc1OC(=O)c1ccc(NC2=C(Cl)C(=O)N(c3cccc(C(F)(F)F)c3)C2=O)cc1. The summed E-state index contributed by atoms with van der Waals surface area (Å²) in [5.41, 5.74) is -0.138. The zero-order valence-corrected chi connectivity index (χ0v) is 19.5. The zero-order valence-electron chi connectivity index (χ0n) is 18.7. The van der Waals surface area contributed by atoms with Crippen LogP contribution in [0.5, 0.6) is 5.75 Å². The molecule has 36 heavy (non-hydrogen) atoms. The maximum atomic E-state index is 13.1. The van der Waals surface area contributed by atoms with E-state index in [9.17, 15) is 27.6 Å². The van der Waals surface area contributed by atoms with Crippen molar-refractivity contribution in [1.29, 1.82) is 0 Å². The fourth-order valence-electron chi connectivity index (χ4n) is 3.56. The lowest BCUT2D eigenvalue weighted by molar-refractivity contribution is -0.137. The highest BCUT2D eigenvalue weighted by Crippen LogP contribution is 2.35. The maximum absolute atomic E-state index is 13.1. The minimum Gasteiger partial charge on any atom is -0.423 e. The fourth-order valence-corrected chi connectivity index (χ4v) is 3.77. The van der Waals surface area contributed by atoms with E-state index in [0.717, 1.165) is 17.7 Å². The average Bonchev–Trinajstić information content (AvgIpc) is 3.07. The van der Waals surface area contributed by atoms with Gasteiger partial charge in [0.15, 0.2) is 0 Å². The van der Waals surface area contributed by atoms with E-state index in [1.807, 2.05) is 19.1 Å². The standard InChI is InChI=1S/C26H18ClF3N2O4/c1-2-15-6-3-4-9-20(15)36-25(35)16-10-12-18(13-11-16)31-22-21(27)23(33)32(24(22)34)19-8-5-7-17(14-19)26(28,29)30/h3-14,31H,2H2,1H3. The molecular weight excluding hydrogens is 497 g/mol. The Balaban J connectivity index is 1.50. The molecule has 0 atom stereocenters. The van der Waals surface area contributed by atoms with E-state index in [4.69, 9.17) is 16.3 Å². The van der Waals surface area contributed by atoms with Crippen LogP contribution in [0.4, 0.5) is 24.5 Å². The van der Waals surface area contributed by atoms with E-state index in [-0.39, 0.29) is 16.9 Å². The van der Waals surface area contributed by atoms with Gasteiger partial charge in [-0.05, 0) is 60.5 Å². The van der Waals surface area contributed by atoms with Crippen LogP contribution in [0, 0.1) is 0 Å². The number of hydrogen-bond acceptors (Lipinski definition) is 5. The van der Waals surface area contributed by atoms with Gasteiger partial charge in [-0.25, -0.2) is 9.69 Å². The van der Waals surface area contributed by atoms with Crippen molar-refractivity contribution in [2.75, 3.05) is 10.2 Å². The monoisotopic (exact) mass is 514 g/mol. The van der Waals surface area contributed by atoms with Gasteiger partial charge in [-0.15, -0.1) is 0 Å². The van der Waals surface area contributed by atoms with Gasteiger partial charge in [0.2, 0.25) is 0 Å². The molecule has 0 radical (unpaired) electrons. The summed E-state index contributed by atoms with van der Waals surface area (Å²) in [7, 11) is 0. The van der Waals surface area contributed by atoms with Crippen molar-refractivity contribution in [3.05, 3.63) is 100 Å². The molecule has 3 aromatic carbocycles. The number of ether oxygens (including phenoxy) is 1. The van der Waals surface area contributed by atoms with Gasteiger partial charge < -0.3 is 10.1 Å². The number of nitrogens with zero attached hydrogens (tertiary/aromatic N) is 1. The summed E-state index contributed by atoms with van der Waals surface area (Å²) >= 11 is 6.06.